The van der Waals surface area contributed by atoms with E-state index in [4.69, 9.17) is 0 Å². The molecule has 1 heterocycles. The Kier molecular flexibility index (Phi) is 9.90. The van der Waals surface area contributed by atoms with Crippen molar-refractivity contribution in [1.82, 2.24) is 0 Å². The molecule has 8 aromatic carbocycles. The zero-order valence-electron chi connectivity index (χ0n) is 40.9. The highest BCUT2D eigenvalue weighted by molar-refractivity contribution is 6.02. The van der Waals surface area contributed by atoms with Gasteiger partial charge in [-0.25, -0.2) is 0 Å². The zero-order valence-corrected chi connectivity index (χ0v) is 40.9. The van der Waals surface area contributed by atoms with Gasteiger partial charge < -0.3 is 9.80 Å². The Morgan fingerprint density at radius 3 is 1.86 bits per heavy atom. The van der Waals surface area contributed by atoms with Gasteiger partial charge in [0.05, 0.1) is 5.41 Å². The fraction of sp³-hybridized carbons (Fsp3) is 0.143. The van der Waals surface area contributed by atoms with Gasteiger partial charge >= 0.3 is 0 Å². The molecular weight excluding hydrogens is 869 g/mol. The number of hydrogen-bond donors (Lipinski definition) is 0. The van der Waals surface area contributed by atoms with Crippen LogP contribution in [0.1, 0.15) is 83.9 Å². The normalized spacial score (nSPS) is 20.2. The molecule has 1 aliphatic heterocycles. The smallest absolute Gasteiger partial charge is 0.0723 e. The lowest BCUT2D eigenvalue weighted by Gasteiger charge is -2.51. The fourth-order valence-corrected chi connectivity index (χ4v) is 13.9. The summed E-state index contributed by atoms with van der Waals surface area (Å²) in [6.45, 7) is 4.93. The van der Waals surface area contributed by atoms with Crippen molar-refractivity contribution in [3.8, 4) is 22.3 Å². The van der Waals surface area contributed by atoms with Gasteiger partial charge in [0, 0.05) is 62.9 Å². The van der Waals surface area contributed by atoms with Crippen LogP contribution >= 0.6 is 0 Å². The molecule has 0 radical (unpaired) electrons. The SMILES string of the molecule is CC1(C)c2ccccc2N(c2cccc(C3C=CC=CC3)c2)C2=CC=CC(c3ccc(N(C4=C5C(=CCC4)C4(c6ccccc65)c5ccccc5-c5ccccc54)c4ccc(-c5ccccc5)cc4)cc3)C21. The first-order chi connectivity index (χ1) is 35.5. The lowest BCUT2D eigenvalue weighted by molar-refractivity contribution is 0.320. The quantitative estimate of drug-likeness (QED) is 0.157. The number of fused-ring (bicyclic) bond motifs is 12. The molecular formula is C70H56N2. The number of rotatable bonds is 7. The van der Waals surface area contributed by atoms with E-state index < -0.39 is 0 Å². The minimum absolute atomic E-state index is 0.144. The van der Waals surface area contributed by atoms with Crippen LogP contribution in [0.25, 0.3) is 27.8 Å². The van der Waals surface area contributed by atoms with E-state index in [0.717, 1.165) is 19.3 Å². The summed E-state index contributed by atoms with van der Waals surface area (Å²) >= 11 is 0. The molecule has 3 unspecified atom stereocenters. The highest BCUT2D eigenvalue weighted by Crippen LogP contribution is 2.66. The molecule has 72 heavy (non-hydrogen) atoms. The van der Waals surface area contributed by atoms with Crippen LogP contribution in [0.4, 0.5) is 22.7 Å². The van der Waals surface area contributed by atoms with E-state index in [-0.39, 0.29) is 22.7 Å². The molecule has 6 aliphatic rings. The predicted molar refractivity (Wildman–Crippen MR) is 300 cm³/mol. The van der Waals surface area contributed by atoms with Crippen LogP contribution in [0.15, 0.2) is 266 Å². The van der Waals surface area contributed by atoms with E-state index in [9.17, 15) is 0 Å². The molecule has 1 spiro atoms. The molecule has 0 saturated carbocycles. The summed E-state index contributed by atoms with van der Waals surface area (Å²) < 4.78 is 0. The van der Waals surface area contributed by atoms with Gasteiger partial charge in [-0.2, -0.15) is 0 Å². The van der Waals surface area contributed by atoms with Gasteiger partial charge in [0.25, 0.3) is 0 Å². The first-order valence-corrected chi connectivity index (χ1v) is 26.0. The van der Waals surface area contributed by atoms with Gasteiger partial charge in [-0.3, -0.25) is 0 Å². The van der Waals surface area contributed by atoms with Gasteiger partial charge in [0.2, 0.25) is 0 Å². The highest BCUT2D eigenvalue weighted by atomic mass is 15.2. The second-order valence-electron chi connectivity index (χ2n) is 21.0. The second kappa shape index (κ2) is 16.7. The first-order valence-electron chi connectivity index (χ1n) is 26.0. The van der Waals surface area contributed by atoms with E-state index in [0.29, 0.717) is 5.92 Å². The van der Waals surface area contributed by atoms with Gasteiger partial charge in [0.1, 0.15) is 0 Å². The van der Waals surface area contributed by atoms with Gasteiger partial charge in [-0.15, -0.1) is 0 Å². The minimum Gasteiger partial charge on any atom is -0.314 e. The molecule has 14 rings (SSSR count). The van der Waals surface area contributed by atoms with Crippen molar-refractivity contribution in [2.75, 3.05) is 9.80 Å². The lowest BCUT2D eigenvalue weighted by atomic mass is 9.61. The van der Waals surface area contributed by atoms with Crippen molar-refractivity contribution >= 4 is 28.3 Å². The Morgan fingerprint density at radius 2 is 1.15 bits per heavy atom. The summed E-state index contributed by atoms with van der Waals surface area (Å²) in [5.41, 5.74) is 24.5. The van der Waals surface area contributed by atoms with E-state index in [1.807, 2.05) is 0 Å². The molecule has 0 saturated heterocycles. The van der Waals surface area contributed by atoms with E-state index in [2.05, 4.69) is 272 Å². The lowest BCUT2D eigenvalue weighted by Crippen LogP contribution is -2.44. The van der Waals surface area contributed by atoms with Crippen molar-refractivity contribution in [3.05, 3.63) is 305 Å². The number of hydrogen-bond acceptors (Lipinski definition) is 2. The molecule has 8 aromatic rings. The average molecular weight is 925 g/mol. The molecule has 0 amide bonds. The third kappa shape index (κ3) is 6.34. The molecule has 0 fully saturated rings. The number of nitrogens with zero attached hydrogens (tertiary/aromatic N) is 2. The zero-order chi connectivity index (χ0) is 48.0. The predicted octanol–water partition coefficient (Wildman–Crippen LogP) is 17.8. The summed E-state index contributed by atoms with van der Waals surface area (Å²) in [5.74, 6) is 0.738. The van der Waals surface area contributed by atoms with Gasteiger partial charge in [-0.1, -0.05) is 214 Å². The molecule has 3 atom stereocenters. The number of anilines is 4. The number of allylic oxidation sites excluding steroid dienone is 12. The maximum Gasteiger partial charge on any atom is 0.0723 e. The Bertz CT molecular complexity index is 3610. The van der Waals surface area contributed by atoms with Crippen molar-refractivity contribution in [3.63, 3.8) is 0 Å². The van der Waals surface area contributed by atoms with Crippen LogP contribution in [0.5, 0.6) is 0 Å². The topological polar surface area (TPSA) is 6.48 Å². The first kappa shape index (κ1) is 42.7. The van der Waals surface area contributed by atoms with Crippen LogP contribution in [-0.4, -0.2) is 0 Å². The largest absolute Gasteiger partial charge is 0.314 e. The summed E-state index contributed by atoms with van der Waals surface area (Å²) in [5, 5.41) is 0. The Labute approximate surface area is 424 Å². The fourth-order valence-electron chi connectivity index (χ4n) is 13.9. The number of para-hydroxylation sites is 1. The average Bonchev–Trinajstić information content (AvgIpc) is 3.92. The monoisotopic (exact) mass is 924 g/mol. The Hall–Kier alpha value is -8.20. The van der Waals surface area contributed by atoms with Crippen molar-refractivity contribution in [1.29, 1.82) is 0 Å². The molecule has 0 N–H and O–H groups in total. The van der Waals surface area contributed by atoms with Crippen LogP contribution in [-0.2, 0) is 10.8 Å². The molecule has 0 aromatic heterocycles. The maximum atomic E-state index is 2.60. The van der Waals surface area contributed by atoms with Crippen molar-refractivity contribution in [2.24, 2.45) is 5.92 Å². The second-order valence-corrected chi connectivity index (χ2v) is 21.0. The van der Waals surface area contributed by atoms with Crippen molar-refractivity contribution < 1.29 is 0 Å². The third-order valence-corrected chi connectivity index (χ3v) is 17.0. The molecule has 5 aliphatic carbocycles. The van der Waals surface area contributed by atoms with Crippen LogP contribution in [0, 0.1) is 5.92 Å². The van der Waals surface area contributed by atoms with Gasteiger partial charge in [-0.05, 0) is 135 Å². The maximum absolute atomic E-state index is 2.60. The summed E-state index contributed by atoms with van der Waals surface area (Å²) in [4.78, 5) is 5.16. The van der Waals surface area contributed by atoms with Crippen LogP contribution < -0.4 is 9.80 Å². The third-order valence-electron chi connectivity index (χ3n) is 17.0. The summed E-state index contributed by atoms with van der Waals surface area (Å²) in [6.07, 6.45) is 21.6. The minimum atomic E-state index is -0.388. The standard InChI is InChI=1S/C70H56N2/c1-69(2)62-33-15-16-35-64(62)72(54-25-17-24-51(46-54)48-22-7-4-8-23-48)66-37-18-29-55(68(66)69)50-40-44-53(45-41-50)71(52-42-38-49(39-43-52)47-20-5-3-6-21-47)65-36-19-34-63-67(65)58-28-11-14-32-61(58)70(63)59-30-12-9-26-56(59)57-27-10-13-31-60(57)70/h3-18,20-22,24-35,37-46,48,55,68H,19,23,36H2,1-2H3. The van der Waals surface area contributed by atoms with E-state index >= 15 is 0 Å². The van der Waals surface area contributed by atoms with Crippen LogP contribution in [0.3, 0.4) is 0 Å². The molecule has 2 nitrogen and oxygen atoms in total. The van der Waals surface area contributed by atoms with Crippen LogP contribution in [0.2, 0.25) is 0 Å². The Morgan fingerprint density at radius 1 is 0.528 bits per heavy atom. The summed E-state index contributed by atoms with van der Waals surface area (Å²) in [6, 6.07) is 75.7. The van der Waals surface area contributed by atoms with E-state index in [1.165, 1.54) is 106 Å². The molecule has 0 bridgehead atoms. The summed E-state index contributed by atoms with van der Waals surface area (Å²) in [7, 11) is 0. The van der Waals surface area contributed by atoms with Gasteiger partial charge in [0.15, 0.2) is 0 Å². The Balaban J connectivity index is 0.900. The van der Waals surface area contributed by atoms with Crippen molar-refractivity contribution in [2.45, 2.75) is 55.8 Å². The highest BCUT2D eigenvalue weighted by Gasteiger charge is 2.55. The molecule has 2 heteroatoms. The molecule has 346 valence electrons. The van der Waals surface area contributed by atoms with E-state index in [1.54, 1.807) is 0 Å². The number of benzene rings is 8.